The molecule has 2 N–H and O–H groups in total. The highest BCUT2D eigenvalue weighted by Gasteiger charge is 2.45. The van der Waals surface area contributed by atoms with Crippen molar-refractivity contribution in [2.45, 2.75) is 18.4 Å². The fourth-order valence-electron chi connectivity index (χ4n) is 3.35. The van der Waals surface area contributed by atoms with E-state index >= 15 is 0 Å². The Bertz CT molecular complexity index is 1100. The molecule has 2 unspecified atom stereocenters. The van der Waals surface area contributed by atoms with E-state index in [0.29, 0.717) is 27.9 Å². The molecule has 1 fully saturated rings. The molecule has 3 aromatic rings. The summed E-state index contributed by atoms with van der Waals surface area (Å²) in [5.41, 5.74) is 6.20. The zero-order valence-electron chi connectivity index (χ0n) is 16.5. The Kier molecular flexibility index (Phi) is 7.47. The highest BCUT2D eigenvalue weighted by molar-refractivity contribution is 6.35. The molecule has 1 aliphatic rings. The van der Waals surface area contributed by atoms with Crippen LogP contribution in [-0.2, 0) is 21.8 Å². The first kappa shape index (κ1) is 24.1. The number of nitro benzene ring substituents is 1. The van der Waals surface area contributed by atoms with Crippen molar-refractivity contribution in [3.05, 3.63) is 80.8 Å². The molecule has 2 atom stereocenters. The van der Waals surface area contributed by atoms with E-state index in [1.54, 1.807) is 36.9 Å². The molecule has 4 rings (SSSR count). The normalized spacial score (nSPS) is 20.0. The number of nitrogens with zero attached hydrogens (tertiary/aromatic N) is 3. The lowest BCUT2D eigenvalue weighted by atomic mass is 10.1. The van der Waals surface area contributed by atoms with Gasteiger partial charge in [-0.2, -0.15) is 0 Å². The molecule has 0 aliphatic carbocycles. The first-order chi connectivity index (χ1) is 14.9. The Morgan fingerprint density at radius 3 is 2.78 bits per heavy atom. The molecule has 0 bridgehead atoms. The Morgan fingerprint density at radius 2 is 2.12 bits per heavy atom. The van der Waals surface area contributed by atoms with Crippen molar-refractivity contribution >= 4 is 47.0 Å². The fourth-order valence-corrected chi connectivity index (χ4v) is 3.91. The second-order valence-electron chi connectivity index (χ2n) is 6.95. The van der Waals surface area contributed by atoms with E-state index in [2.05, 4.69) is 4.98 Å². The largest absolute Gasteiger partial charge is 0.491 e. The molecule has 0 saturated carbocycles. The van der Waals surface area contributed by atoms with E-state index < -0.39 is 16.8 Å². The van der Waals surface area contributed by atoms with E-state index in [4.69, 9.17) is 43.1 Å². The van der Waals surface area contributed by atoms with E-state index in [9.17, 15) is 10.1 Å². The van der Waals surface area contributed by atoms with Crippen LogP contribution in [0.5, 0.6) is 5.75 Å². The van der Waals surface area contributed by atoms with Gasteiger partial charge in [-0.15, -0.1) is 12.4 Å². The van der Waals surface area contributed by atoms with Crippen LogP contribution in [0.15, 0.2) is 55.1 Å². The summed E-state index contributed by atoms with van der Waals surface area (Å²) in [6.07, 6.45) is 4.68. The van der Waals surface area contributed by atoms with Gasteiger partial charge in [0.15, 0.2) is 0 Å². The second-order valence-corrected chi connectivity index (χ2v) is 7.80. The number of aromatic nitrogens is 2. The van der Waals surface area contributed by atoms with Crippen LogP contribution in [0.25, 0.3) is 0 Å². The number of hydrogen-bond donors (Lipinski definition) is 1. The van der Waals surface area contributed by atoms with Crippen molar-refractivity contribution in [3.8, 4) is 5.75 Å². The van der Waals surface area contributed by atoms with Crippen LogP contribution in [0, 0.1) is 10.1 Å². The minimum Gasteiger partial charge on any atom is -0.491 e. The summed E-state index contributed by atoms with van der Waals surface area (Å²) in [5, 5.41) is 11.8. The average molecular weight is 502 g/mol. The molecule has 0 spiro atoms. The predicted octanol–water partition coefficient (Wildman–Crippen LogP) is 4.45. The maximum Gasteiger partial charge on any atom is 0.292 e. The van der Waals surface area contributed by atoms with Crippen LogP contribution < -0.4 is 10.5 Å². The first-order valence-corrected chi connectivity index (χ1v) is 10.0. The van der Waals surface area contributed by atoms with Crippen molar-refractivity contribution in [1.29, 1.82) is 0 Å². The third-order valence-electron chi connectivity index (χ3n) is 4.78. The molecule has 1 aliphatic heterocycles. The third-order valence-corrected chi connectivity index (χ3v) is 5.33. The summed E-state index contributed by atoms with van der Waals surface area (Å²) in [7, 11) is 0. The molecule has 1 aromatic heterocycles. The number of rotatable bonds is 7. The zero-order valence-corrected chi connectivity index (χ0v) is 18.8. The Balaban J connectivity index is 0.00000289. The van der Waals surface area contributed by atoms with Gasteiger partial charge in [0.2, 0.25) is 5.79 Å². The van der Waals surface area contributed by atoms with Gasteiger partial charge >= 0.3 is 0 Å². The maximum atomic E-state index is 10.9. The lowest BCUT2D eigenvalue weighted by Gasteiger charge is -2.30. The third kappa shape index (κ3) is 5.08. The number of nitrogens with two attached hydrogens (primary N) is 1. The number of nitro groups is 1. The van der Waals surface area contributed by atoms with Gasteiger partial charge in [0, 0.05) is 35.1 Å². The van der Waals surface area contributed by atoms with Crippen LogP contribution in [-0.4, -0.2) is 33.8 Å². The highest BCUT2D eigenvalue weighted by Crippen LogP contribution is 2.40. The molecule has 12 heteroatoms. The molecular weight excluding hydrogens is 483 g/mol. The monoisotopic (exact) mass is 500 g/mol. The van der Waals surface area contributed by atoms with Crippen molar-refractivity contribution in [3.63, 3.8) is 0 Å². The summed E-state index contributed by atoms with van der Waals surface area (Å²) < 4.78 is 19.9. The van der Waals surface area contributed by atoms with E-state index in [0.717, 1.165) is 0 Å². The van der Waals surface area contributed by atoms with Gasteiger partial charge < -0.3 is 24.5 Å². The maximum absolute atomic E-state index is 10.9. The number of imidazole rings is 1. The average Bonchev–Trinajstić information content (AvgIpc) is 3.37. The number of anilines is 1. The molecule has 170 valence electrons. The topological polar surface area (TPSA) is 115 Å². The predicted molar refractivity (Wildman–Crippen MR) is 121 cm³/mol. The molecule has 9 nitrogen and oxygen atoms in total. The fraction of sp³-hybridized carbons (Fsp3) is 0.250. The number of benzene rings is 2. The number of nitrogen functional groups attached to an aromatic ring is 1. The van der Waals surface area contributed by atoms with Gasteiger partial charge in [-0.25, -0.2) is 4.98 Å². The van der Waals surface area contributed by atoms with Crippen LogP contribution >= 0.6 is 35.6 Å². The smallest absolute Gasteiger partial charge is 0.292 e. The van der Waals surface area contributed by atoms with Gasteiger partial charge in [-0.1, -0.05) is 29.3 Å². The molecule has 1 saturated heterocycles. The second kappa shape index (κ2) is 9.93. The van der Waals surface area contributed by atoms with E-state index in [1.165, 1.54) is 18.2 Å². The molecular formula is C20H19Cl3N4O5. The lowest BCUT2D eigenvalue weighted by molar-refractivity contribution is -0.383. The minimum atomic E-state index is -1.16. The van der Waals surface area contributed by atoms with Gasteiger partial charge in [0.05, 0.1) is 29.4 Å². The van der Waals surface area contributed by atoms with Crippen molar-refractivity contribution < 1.29 is 19.1 Å². The Morgan fingerprint density at radius 1 is 1.31 bits per heavy atom. The Labute approximate surface area is 199 Å². The molecule has 2 heterocycles. The lowest BCUT2D eigenvalue weighted by Crippen LogP contribution is -2.34. The quantitative estimate of drug-likeness (QED) is 0.289. The number of halogens is 3. The summed E-state index contributed by atoms with van der Waals surface area (Å²) in [5.74, 6) is -0.770. The van der Waals surface area contributed by atoms with Gasteiger partial charge in [-0.05, 0) is 18.2 Å². The minimum absolute atomic E-state index is 0. The van der Waals surface area contributed by atoms with Crippen molar-refractivity contribution in [1.82, 2.24) is 9.55 Å². The number of ether oxygens (including phenoxy) is 3. The number of hydrogen-bond acceptors (Lipinski definition) is 7. The van der Waals surface area contributed by atoms with Gasteiger partial charge in [0.25, 0.3) is 5.69 Å². The first-order valence-electron chi connectivity index (χ1n) is 9.26. The summed E-state index contributed by atoms with van der Waals surface area (Å²) in [4.78, 5) is 14.4. The zero-order chi connectivity index (χ0) is 22.0. The van der Waals surface area contributed by atoms with Crippen LogP contribution in [0.4, 0.5) is 11.4 Å². The van der Waals surface area contributed by atoms with Gasteiger partial charge in [-0.3, -0.25) is 10.1 Å². The highest BCUT2D eigenvalue weighted by atomic mass is 35.5. The van der Waals surface area contributed by atoms with Crippen LogP contribution in [0.3, 0.4) is 0 Å². The molecule has 0 amide bonds. The van der Waals surface area contributed by atoms with Gasteiger partial charge in [0.1, 0.15) is 24.1 Å². The summed E-state index contributed by atoms with van der Waals surface area (Å²) in [6, 6.07) is 9.30. The van der Waals surface area contributed by atoms with E-state index in [-0.39, 0.29) is 37.0 Å². The SMILES string of the molecule is Cl.Nc1cc(OCC2COC(Cn3ccnc3)(c3ccc(Cl)cc3Cl)O2)ccc1[N+](=O)[O-]. The van der Waals surface area contributed by atoms with Crippen molar-refractivity contribution in [2.75, 3.05) is 18.9 Å². The molecule has 0 radical (unpaired) electrons. The van der Waals surface area contributed by atoms with E-state index in [1.807, 2.05) is 4.57 Å². The van der Waals surface area contributed by atoms with Crippen LogP contribution in [0.1, 0.15) is 5.56 Å². The summed E-state index contributed by atoms with van der Waals surface area (Å²) >= 11 is 12.5. The molecule has 2 aromatic carbocycles. The standard InChI is InChI=1S/C20H18Cl2N4O5.ClH/c21-13-1-3-16(17(22)7-13)20(11-25-6-5-24-12-25)30-10-15(31-20)9-29-14-2-4-19(26(27)28)18(23)8-14;/h1-8,12,15H,9-11,23H2;1H. The molecule has 32 heavy (non-hydrogen) atoms. The van der Waals surface area contributed by atoms with Crippen molar-refractivity contribution in [2.24, 2.45) is 0 Å². The summed E-state index contributed by atoms with van der Waals surface area (Å²) in [6.45, 7) is 0.708. The Hall–Kier alpha value is -2.56. The van der Waals surface area contributed by atoms with Crippen LogP contribution in [0.2, 0.25) is 10.0 Å².